The van der Waals surface area contributed by atoms with Gasteiger partial charge in [-0.05, 0) is 42.5 Å². The summed E-state index contributed by atoms with van der Waals surface area (Å²) in [6, 6.07) is 5.13. The molecule has 0 radical (unpaired) electrons. The Kier molecular flexibility index (Phi) is 8.36. The Balaban J connectivity index is 1.70. The molecule has 8 N–H and O–H groups in total. The number of hydrogen-bond donors (Lipinski definition) is 6. The van der Waals surface area contributed by atoms with E-state index in [9.17, 15) is 19.5 Å². The van der Waals surface area contributed by atoms with E-state index in [0.29, 0.717) is 23.9 Å². The fraction of sp³-hybridized carbons (Fsp3) is 0.318. The van der Waals surface area contributed by atoms with Crippen molar-refractivity contribution in [1.82, 2.24) is 20.3 Å². The molecule has 0 aliphatic rings. The monoisotopic (exact) mass is 522 g/mol. The second-order valence-electron chi connectivity index (χ2n) is 7.90. The summed E-state index contributed by atoms with van der Waals surface area (Å²) < 4.78 is 0. The highest BCUT2D eigenvalue weighted by Crippen LogP contribution is 2.33. The number of halogens is 2. The molecule has 3 aromatic rings. The van der Waals surface area contributed by atoms with E-state index in [1.54, 1.807) is 18.3 Å². The van der Waals surface area contributed by atoms with E-state index >= 15 is 0 Å². The van der Waals surface area contributed by atoms with Gasteiger partial charge in [-0.2, -0.15) is 9.97 Å². The normalized spacial score (nSPS) is 13.0. The number of nitrogens with two attached hydrogens (primary N) is 2. The number of aryl methyl sites for hydroxylation is 1. The fourth-order valence-electron chi connectivity index (χ4n) is 3.74. The van der Waals surface area contributed by atoms with Gasteiger partial charge < -0.3 is 32.0 Å². The lowest BCUT2D eigenvalue weighted by atomic mass is 9.93. The minimum atomic E-state index is -1.32. The first-order valence-corrected chi connectivity index (χ1v) is 11.5. The van der Waals surface area contributed by atoms with Crippen molar-refractivity contribution in [2.45, 2.75) is 42.5 Å². The minimum Gasteiger partial charge on any atom is -0.481 e. The van der Waals surface area contributed by atoms with Crippen LogP contribution in [0.1, 0.15) is 46.7 Å². The van der Waals surface area contributed by atoms with Crippen LogP contribution >= 0.6 is 23.2 Å². The van der Waals surface area contributed by atoms with Gasteiger partial charge in [0.25, 0.3) is 5.91 Å². The van der Waals surface area contributed by atoms with E-state index in [1.807, 2.05) is 0 Å². The van der Waals surface area contributed by atoms with Gasteiger partial charge >= 0.3 is 11.9 Å². The molecule has 0 aliphatic carbocycles. The number of nitrogens with zero attached hydrogens (tertiary/aromatic N) is 2. The van der Waals surface area contributed by atoms with E-state index < -0.39 is 28.7 Å². The highest BCUT2D eigenvalue weighted by molar-refractivity contribution is 6.44. The summed E-state index contributed by atoms with van der Waals surface area (Å²) in [7, 11) is 0. The smallest absolute Gasteiger partial charge is 0.326 e. The number of aromatic amines is 1. The van der Waals surface area contributed by atoms with Crippen LogP contribution in [0, 0.1) is 0 Å². The Hall–Kier alpha value is -3.57. The number of rotatable bonds is 11. The average molecular weight is 523 g/mol. The molecule has 2 heterocycles. The van der Waals surface area contributed by atoms with Gasteiger partial charge in [0, 0.05) is 24.1 Å². The Labute approximate surface area is 209 Å². The first-order chi connectivity index (χ1) is 16.6. The molecule has 0 saturated heterocycles. The van der Waals surface area contributed by atoms with Crippen molar-refractivity contribution in [3.63, 3.8) is 0 Å². The molecule has 2 aromatic heterocycles. The number of nitrogens with one attached hydrogen (secondary N) is 2. The Bertz CT molecular complexity index is 1230. The molecular weight excluding hydrogens is 499 g/mol. The zero-order valence-electron chi connectivity index (χ0n) is 18.4. The third-order valence-corrected chi connectivity index (χ3v) is 6.15. The lowest BCUT2D eigenvalue weighted by Gasteiger charge is -2.19. The van der Waals surface area contributed by atoms with Gasteiger partial charge in [-0.15, -0.1) is 23.2 Å². The third-order valence-electron chi connectivity index (χ3n) is 5.54. The van der Waals surface area contributed by atoms with Crippen molar-refractivity contribution in [1.29, 1.82) is 0 Å². The molecule has 35 heavy (non-hydrogen) atoms. The van der Waals surface area contributed by atoms with Crippen LogP contribution in [-0.2, 0) is 16.0 Å². The molecule has 1 amide bonds. The van der Waals surface area contributed by atoms with Gasteiger partial charge in [-0.1, -0.05) is 12.1 Å². The molecule has 13 heteroatoms. The van der Waals surface area contributed by atoms with Gasteiger partial charge in [0.15, 0.2) is 0 Å². The van der Waals surface area contributed by atoms with E-state index in [0.717, 1.165) is 11.1 Å². The molecule has 0 bridgehead atoms. The number of nitrogen functional groups attached to an aromatic ring is 2. The van der Waals surface area contributed by atoms with Crippen LogP contribution in [-0.4, -0.2) is 53.9 Å². The van der Waals surface area contributed by atoms with Crippen molar-refractivity contribution in [2.24, 2.45) is 0 Å². The molecule has 0 fully saturated rings. The van der Waals surface area contributed by atoms with Crippen LogP contribution in [0.5, 0.6) is 0 Å². The number of carbonyl (C=O) groups excluding carboxylic acids is 1. The maximum Gasteiger partial charge on any atom is 0.326 e. The van der Waals surface area contributed by atoms with Gasteiger partial charge in [0.1, 0.15) is 22.3 Å². The summed E-state index contributed by atoms with van der Waals surface area (Å²) >= 11 is 12.5. The third kappa shape index (κ3) is 6.52. The zero-order chi connectivity index (χ0) is 25.7. The predicted molar refractivity (Wildman–Crippen MR) is 131 cm³/mol. The van der Waals surface area contributed by atoms with Crippen molar-refractivity contribution in [2.75, 3.05) is 11.5 Å². The highest BCUT2D eigenvalue weighted by Gasteiger charge is 2.23. The summed E-state index contributed by atoms with van der Waals surface area (Å²) in [5.41, 5.74) is 14.1. The quantitative estimate of drug-likeness (QED) is 0.205. The maximum absolute atomic E-state index is 12.5. The van der Waals surface area contributed by atoms with Gasteiger partial charge in [-0.25, -0.2) is 4.79 Å². The van der Waals surface area contributed by atoms with Gasteiger partial charge in [-0.3, -0.25) is 9.59 Å². The SMILES string of the molecule is Nc1nc(N)c2c(CCC(c3ccc(C(=O)N[C@@H](CCC(=O)O)C(=O)O)cc3)C(Cl)Cl)c[nH]c2n1. The lowest BCUT2D eigenvalue weighted by molar-refractivity contribution is -0.140. The van der Waals surface area contributed by atoms with Crippen LogP contribution in [0.4, 0.5) is 11.8 Å². The number of carboxylic acid groups (broad SMARTS) is 2. The van der Waals surface area contributed by atoms with E-state index in [2.05, 4.69) is 20.3 Å². The molecule has 0 saturated carbocycles. The standard InChI is InChI=1S/C22H24Cl2N6O5/c23-17(24)13(6-5-12-9-27-19-16(12)18(25)29-22(26)30-19)10-1-3-11(4-2-10)20(33)28-14(21(34)35)7-8-15(31)32/h1-4,9,13-14,17H,5-8H2,(H,28,33)(H,31,32)(H,34,35)(H5,25,26,27,29,30)/t13?,14-/m0/s1. The summed E-state index contributed by atoms with van der Waals surface area (Å²) in [6.07, 6.45) is 2.28. The summed E-state index contributed by atoms with van der Waals surface area (Å²) in [6.45, 7) is 0. The Morgan fingerprint density at radius 2 is 1.74 bits per heavy atom. The molecule has 186 valence electrons. The van der Waals surface area contributed by atoms with Crippen molar-refractivity contribution in [3.8, 4) is 0 Å². The number of aliphatic carboxylic acids is 2. The molecule has 11 nitrogen and oxygen atoms in total. The van der Waals surface area contributed by atoms with E-state index in [-0.39, 0.29) is 36.1 Å². The largest absolute Gasteiger partial charge is 0.481 e. The number of alkyl halides is 2. The van der Waals surface area contributed by atoms with Gasteiger partial charge in [0.2, 0.25) is 5.95 Å². The van der Waals surface area contributed by atoms with E-state index in [4.69, 9.17) is 39.8 Å². The number of fused-ring (bicyclic) bond motifs is 1. The summed E-state index contributed by atoms with van der Waals surface area (Å²) in [4.78, 5) is 44.9. The summed E-state index contributed by atoms with van der Waals surface area (Å²) in [5, 5.41) is 21.0. The number of amides is 1. The molecule has 2 atom stereocenters. The number of anilines is 2. The van der Waals surface area contributed by atoms with Gasteiger partial charge in [0.05, 0.1) is 5.39 Å². The molecule has 3 rings (SSSR count). The molecule has 0 spiro atoms. The maximum atomic E-state index is 12.5. The fourth-order valence-corrected chi connectivity index (χ4v) is 4.28. The number of carbonyl (C=O) groups is 3. The molecule has 1 unspecified atom stereocenters. The first-order valence-electron chi connectivity index (χ1n) is 10.6. The number of H-pyrrole nitrogens is 1. The van der Waals surface area contributed by atoms with Crippen molar-refractivity contribution < 1.29 is 24.6 Å². The van der Waals surface area contributed by atoms with Crippen LogP contribution in [0.15, 0.2) is 30.5 Å². The average Bonchev–Trinajstić information content (AvgIpc) is 3.19. The first kappa shape index (κ1) is 26.0. The molecular formula is C22H24Cl2N6O5. The molecule has 1 aromatic carbocycles. The van der Waals surface area contributed by atoms with Crippen LogP contribution in [0.2, 0.25) is 0 Å². The van der Waals surface area contributed by atoms with Crippen LogP contribution in [0.25, 0.3) is 11.0 Å². The zero-order valence-corrected chi connectivity index (χ0v) is 19.9. The molecule has 0 aliphatic heterocycles. The second kappa shape index (κ2) is 11.2. The summed E-state index contributed by atoms with van der Waals surface area (Å²) in [5.74, 6) is -3.03. The number of hydrogen-bond acceptors (Lipinski definition) is 7. The van der Waals surface area contributed by atoms with Crippen LogP contribution < -0.4 is 16.8 Å². The highest BCUT2D eigenvalue weighted by atomic mass is 35.5. The number of benzene rings is 1. The topological polar surface area (TPSA) is 197 Å². The Morgan fingerprint density at radius 3 is 2.34 bits per heavy atom. The van der Waals surface area contributed by atoms with E-state index in [1.165, 1.54) is 12.1 Å². The Morgan fingerprint density at radius 1 is 1.06 bits per heavy atom. The second-order valence-corrected chi connectivity index (χ2v) is 9.07. The van der Waals surface area contributed by atoms with Crippen LogP contribution in [0.3, 0.4) is 0 Å². The number of carboxylic acids is 2. The predicted octanol–water partition coefficient (Wildman–Crippen LogP) is 2.69. The van der Waals surface area contributed by atoms with Crippen molar-refractivity contribution >= 4 is 63.8 Å². The minimum absolute atomic E-state index is 0.0727. The van der Waals surface area contributed by atoms with Crippen molar-refractivity contribution in [3.05, 3.63) is 47.2 Å². The number of aromatic nitrogens is 3. The lowest BCUT2D eigenvalue weighted by Crippen LogP contribution is -2.41.